The zero-order valence-electron chi connectivity index (χ0n) is 11.8. The van der Waals surface area contributed by atoms with Gasteiger partial charge in [0, 0.05) is 25.3 Å². The van der Waals surface area contributed by atoms with Crippen LogP contribution in [0.3, 0.4) is 0 Å². The molecule has 0 radical (unpaired) electrons. The van der Waals surface area contributed by atoms with Crippen molar-refractivity contribution < 1.29 is 5.11 Å². The number of anilines is 1. The molecule has 106 valence electrons. The molecule has 2 N–H and O–H groups in total. The number of nitrogens with zero attached hydrogens (tertiary/aromatic N) is 2. The Morgan fingerprint density at radius 2 is 2.11 bits per heavy atom. The summed E-state index contributed by atoms with van der Waals surface area (Å²) in [5, 5.41) is 12.4. The lowest BCUT2D eigenvalue weighted by Crippen LogP contribution is -2.39. The molecule has 0 amide bonds. The second-order valence-corrected chi connectivity index (χ2v) is 5.26. The molecule has 0 saturated heterocycles. The number of rotatable bonds is 6. The van der Waals surface area contributed by atoms with Crippen LogP contribution in [0.4, 0.5) is 5.82 Å². The van der Waals surface area contributed by atoms with Crippen molar-refractivity contribution in [1.82, 2.24) is 10.3 Å². The molecule has 0 unspecified atom stereocenters. The van der Waals surface area contributed by atoms with Gasteiger partial charge in [0.25, 0.3) is 0 Å². The van der Waals surface area contributed by atoms with Crippen molar-refractivity contribution in [1.29, 1.82) is 0 Å². The van der Waals surface area contributed by atoms with Gasteiger partial charge >= 0.3 is 0 Å². The summed E-state index contributed by atoms with van der Waals surface area (Å²) in [6.45, 7) is 1.72. The Morgan fingerprint density at radius 1 is 1.32 bits per heavy atom. The number of hydrogen-bond acceptors (Lipinski definition) is 4. The number of aliphatic hydroxyl groups excluding tert-OH is 1. The summed E-state index contributed by atoms with van der Waals surface area (Å²) in [5.41, 5.74) is 1.19. The number of pyridine rings is 1. The lowest BCUT2D eigenvalue weighted by molar-refractivity contribution is 0.289. The highest BCUT2D eigenvalue weighted by Gasteiger charge is 2.21. The summed E-state index contributed by atoms with van der Waals surface area (Å²) in [5.74, 6) is 1.00. The van der Waals surface area contributed by atoms with E-state index in [1.807, 2.05) is 13.2 Å². The van der Waals surface area contributed by atoms with Gasteiger partial charge in [-0.25, -0.2) is 4.98 Å². The standard InChI is InChI=1S/C15H25N3O/c1-16-11-13-7-8-15(17-12-13)18(9-10-19)14-5-3-2-4-6-14/h7-8,12,14,16,19H,2-6,9-11H2,1H3. The molecule has 1 heterocycles. The van der Waals surface area contributed by atoms with Crippen molar-refractivity contribution in [2.45, 2.75) is 44.7 Å². The van der Waals surface area contributed by atoms with Crippen molar-refractivity contribution >= 4 is 5.82 Å². The minimum absolute atomic E-state index is 0.191. The molecule has 1 aliphatic rings. The van der Waals surface area contributed by atoms with Crippen LogP contribution in [0.2, 0.25) is 0 Å². The Kier molecular flexibility index (Phi) is 5.61. The Balaban J connectivity index is 2.08. The molecule has 1 saturated carbocycles. The highest BCUT2D eigenvalue weighted by atomic mass is 16.3. The van der Waals surface area contributed by atoms with E-state index in [-0.39, 0.29) is 6.61 Å². The topological polar surface area (TPSA) is 48.4 Å². The van der Waals surface area contributed by atoms with Gasteiger partial charge in [0.15, 0.2) is 0 Å². The maximum atomic E-state index is 9.29. The first-order valence-electron chi connectivity index (χ1n) is 7.32. The first-order valence-corrected chi connectivity index (χ1v) is 7.32. The van der Waals surface area contributed by atoms with E-state index in [2.05, 4.69) is 27.3 Å². The predicted octanol–water partition coefficient (Wildman–Crippen LogP) is 1.93. The summed E-state index contributed by atoms with van der Waals surface area (Å²) >= 11 is 0. The van der Waals surface area contributed by atoms with E-state index in [1.165, 1.54) is 37.7 Å². The monoisotopic (exact) mass is 263 g/mol. The second kappa shape index (κ2) is 7.46. The maximum absolute atomic E-state index is 9.29. The van der Waals surface area contributed by atoms with E-state index < -0.39 is 0 Å². The molecule has 0 aliphatic heterocycles. The first-order chi connectivity index (χ1) is 9.35. The number of aliphatic hydroxyl groups is 1. The third-order valence-corrected chi connectivity index (χ3v) is 3.84. The number of aromatic nitrogens is 1. The van der Waals surface area contributed by atoms with Gasteiger partial charge in [-0.05, 0) is 31.5 Å². The van der Waals surface area contributed by atoms with Crippen molar-refractivity contribution in [2.75, 3.05) is 25.1 Å². The van der Waals surface area contributed by atoms with Crippen LogP contribution in [-0.2, 0) is 6.54 Å². The second-order valence-electron chi connectivity index (χ2n) is 5.26. The average molecular weight is 263 g/mol. The number of nitrogens with one attached hydrogen (secondary N) is 1. The number of hydrogen-bond donors (Lipinski definition) is 2. The molecular formula is C15H25N3O. The van der Waals surface area contributed by atoms with Gasteiger partial charge in [-0.1, -0.05) is 25.3 Å². The van der Waals surface area contributed by atoms with E-state index in [0.29, 0.717) is 12.6 Å². The van der Waals surface area contributed by atoms with Gasteiger partial charge in [0.1, 0.15) is 5.82 Å². The van der Waals surface area contributed by atoms with Gasteiger partial charge < -0.3 is 15.3 Å². The fourth-order valence-corrected chi connectivity index (χ4v) is 2.88. The van der Waals surface area contributed by atoms with Crippen molar-refractivity contribution in [3.05, 3.63) is 23.9 Å². The van der Waals surface area contributed by atoms with Crippen LogP contribution >= 0.6 is 0 Å². The molecule has 0 spiro atoms. The molecule has 0 atom stereocenters. The van der Waals surface area contributed by atoms with E-state index >= 15 is 0 Å². The first kappa shape index (κ1) is 14.3. The summed E-state index contributed by atoms with van der Waals surface area (Å²) < 4.78 is 0. The quantitative estimate of drug-likeness (QED) is 0.823. The molecule has 2 rings (SSSR count). The fourth-order valence-electron chi connectivity index (χ4n) is 2.88. The van der Waals surface area contributed by atoms with Crippen LogP contribution in [0.25, 0.3) is 0 Å². The molecule has 19 heavy (non-hydrogen) atoms. The molecule has 1 fully saturated rings. The van der Waals surface area contributed by atoms with Gasteiger partial charge in [-0.2, -0.15) is 0 Å². The van der Waals surface area contributed by atoms with E-state index in [4.69, 9.17) is 0 Å². The third kappa shape index (κ3) is 3.91. The Bertz CT molecular complexity index is 360. The summed E-state index contributed by atoms with van der Waals surface area (Å²) in [6.07, 6.45) is 8.31. The Morgan fingerprint density at radius 3 is 2.68 bits per heavy atom. The van der Waals surface area contributed by atoms with Crippen molar-refractivity contribution in [3.63, 3.8) is 0 Å². The van der Waals surface area contributed by atoms with E-state index in [0.717, 1.165) is 12.4 Å². The summed E-state index contributed by atoms with van der Waals surface area (Å²) in [6, 6.07) is 4.74. The van der Waals surface area contributed by atoms with Crippen LogP contribution in [0.15, 0.2) is 18.3 Å². The van der Waals surface area contributed by atoms with Crippen LogP contribution in [-0.4, -0.2) is 36.3 Å². The maximum Gasteiger partial charge on any atom is 0.128 e. The highest BCUT2D eigenvalue weighted by molar-refractivity contribution is 5.40. The zero-order chi connectivity index (χ0) is 13.5. The zero-order valence-corrected chi connectivity index (χ0v) is 11.8. The summed E-state index contributed by atoms with van der Waals surface area (Å²) in [7, 11) is 1.94. The molecule has 1 aliphatic carbocycles. The van der Waals surface area contributed by atoms with Gasteiger partial charge in [-0.15, -0.1) is 0 Å². The average Bonchev–Trinajstić information content (AvgIpc) is 2.47. The molecule has 4 heteroatoms. The van der Waals surface area contributed by atoms with E-state index in [9.17, 15) is 5.11 Å². The smallest absolute Gasteiger partial charge is 0.128 e. The van der Waals surface area contributed by atoms with Crippen molar-refractivity contribution in [3.8, 4) is 0 Å². The summed E-state index contributed by atoms with van der Waals surface area (Å²) in [4.78, 5) is 6.85. The van der Waals surface area contributed by atoms with Gasteiger partial charge in [0.2, 0.25) is 0 Å². The van der Waals surface area contributed by atoms with Crippen LogP contribution in [0.1, 0.15) is 37.7 Å². The largest absolute Gasteiger partial charge is 0.395 e. The minimum Gasteiger partial charge on any atom is -0.395 e. The normalized spacial score (nSPS) is 16.5. The third-order valence-electron chi connectivity index (χ3n) is 3.84. The van der Waals surface area contributed by atoms with Crippen molar-refractivity contribution in [2.24, 2.45) is 0 Å². The molecule has 1 aromatic heterocycles. The minimum atomic E-state index is 0.191. The fraction of sp³-hybridized carbons (Fsp3) is 0.667. The molecule has 0 aromatic carbocycles. The van der Waals surface area contributed by atoms with Crippen LogP contribution < -0.4 is 10.2 Å². The van der Waals surface area contributed by atoms with Gasteiger partial charge in [-0.3, -0.25) is 0 Å². The Labute approximate surface area is 115 Å². The lowest BCUT2D eigenvalue weighted by atomic mass is 9.94. The van der Waals surface area contributed by atoms with Crippen LogP contribution in [0.5, 0.6) is 0 Å². The molecule has 0 bridgehead atoms. The van der Waals surface area contributed by atoms with E-state index in [1.54, 1.807) is 0 Å². The lowest BCUT2D eigenvalue weighted by Gasteiger charge is -2.35. The molecular weight excluding hydrogens is 238 g/mol. The SMILES string of the molecule is CNCc1ccc(N(CCO)C2CCCCC2)nc1. The van der Waals surface area contributed by atoms with Gasteiger partial charge in [0.05, 0.1) is 6.61 Å². The molecule has 4 nitrogen and oxygen atoms in total. The molecule has 1 aromatic rings. The Hall–Kier alpha value is -1.13. The van der Waals surface area contributed by atoms with Crippen LogP contribution in [0, 0.1) is 0 Å². The predicted molar refractivity (Wildman–Crippen MR) is 78.3 cm³/mol. The highest BCUT2D eigenvalue weighted by Crippen LogP contribution is 2.26.